The highest BCUT2D eigenvalue weighted by atomic mass is 32.1. The van der Waals surface area contributed by atoms with Gasteiger partial charge in [0.25, 0.3) is 5.91 Å². The number of anilines is 1. The van der Waals surface area contributed by atoms with Gasteiger partial charge in [-0.2, -0.15) is 0 Å². The van der Waals surface area contributed by atoms with Gasteiger partial charge in [-0.05, 0) is 36.8 Å². The normalized spacial score (nSPS) is 17.8. The number of benzene rings is 1. The summed E-state index contributed by atoms with van der Waals surface area (Å²) in [6.07, 6.45) is -2.07. The summed E-state index contributed by atoms with van der Waals surface area (Å²) in [4.78, 5) is 45.0. The Morgan fingerprint density at radius 3 is 2.53 bits per heavy atom. The second-order valence-electron chi connectivity index (χ2n) is 8.16. The van der Waals surface area contributed by atoms with Gasteiger partial charge in [-0.3, -0.25) is 14.4 Å². The molecule has 9 heteroatoms. The Morgan fingerprint density at radius 2 is 1.88 bits per heavy atom. The molecule has 8 nitrogen and oxygen atoms in total. The number of nitrogens with zero attached hydrogens (tertiary/aromatic N) is 2. The number of fused-ring (bicyclic) bond motifs is 1. The van der Waals surface area contributed by atoms with Crippen LogP contribution in [0, 0.1) is 5.92 Å². The number of likely N-dealkylation sites (N-methyl/N-ethyl adjacent to an activating group) is 1. The van der Waals surface area contributed by atoms with E-state index >= 15 is 0 Å². The van der Waals surface area contributed by atoms with Crippen LogP contribution >= 0.6 is 11.3 Å². The van der Waals surface area contributed by atoms with Crippen LogP contribution in [0.5, 0.6) is 0 Å². The predicted molar refractivity (Wildman–Crippen MR) is 125 cm³/mol. The molecule has 3 rings (SSSR count). The van der Waals surface area contributed by atoms with Crippen molar-refractivity contribution in [1.29, 1.82) is 0 Å². The highest BCUT2D eigenvalue weighted by Gasteiger charge is 2.32. The summed E-state index contributed by atoms with van der Waals surface area (Å²) in [7, 11) is 1.64. The van der Waals surface area contributed by atoms with E-state index in [9.17, 15) is 19.5 Å². The fraction of sp³-hybridized carbons (Fsp3) is 0.391. The Kier molecular flexibility index (Phi) is 7.42. The van der Waals surface area contributed by atoms with Crippen molar-refractivity contribution in [2.24, 2.45) is 10.9 Å². The van der Waals surface area contributed by atoms with Gasteiger partial charge < -0.3 is 20.6 Å². The lowest BCUT2D eigenvalue weighted by Crippen LogP contribution is -2.53. The quantitative estimate of drug-likeness (QED) is 0.591. The van der Waals surface area contributed by atoms with Crippen molar-refractivity contribution in [1.82, 2.24) is 10.6 Å². The fourth-order valence-corrected chi connectivity index (χ4v) is 4.15. The minimum Gasteiger partial charge on any atom is -0.383 e. The number of aliphatic hydroxyl groups excluding tert-OH is 1. The molecule has 0 fully saturated rings. The number of nitrogens with one attached hydrogen (secondary N) is 2. The molecule has 0 saturated carbocycles. The van der Waals surface area contributed by atoms with E-state index in [4.69, 9.17) is 0 Å². The fourth-order valence-electron chi connectivity index (χ4n) is 3.41. The predicted octanol–water partition coefficient (Wildman–Crippen LogP) is 1.92. The second kappa shape index (κ2) is 10.1. The summed E-state index contributed by atoms with van der Waals surface area (Å²) in [6.45, 7) is 5.28. The first kappa shape index (κ1) is 23.6. The number of amides is 3. The third kappa shape index (κ3) is 5.23. The van der Waals surface area contributed by atoms with Crippen LogP contribution in [0.3, 0.4) is 0 Å². The number of carbonyl (C=O) groups is 3. The molecule has 2 aromatic rings. The van der Waals surface area contributed by atoms with Gasteiger partial charge in [0.2, 0.25) is 18.0 Å². The first-order valence-corrected chi connectivity index (χ1v) is 11.3. The standard InChI is InChI=1S/C23H28N4O4S/c1-13(2)12-17(28)22(30)24-14(3)21(29)26-20-23(31)27(4)16-9-6-5-8-15(16)19(25-20)18-10-7-11-32-18/h5-11,13-14,17,20,28H,12H2,1-4H3,(H,24,30)(H,26,29)/t14-,17-,20?/m0/s1. The molecule has 32 heavy (non-hydrogen) atoms. The summed E-state index contributed by atoms with van der Waals surface area (Å²) in [5.74, 6) is -1.45. The van der Waals surface area contributed by atoms with E-state index < -0.39 is 36.0 Å². The number of carbonyl (C=O) groups excluding carboxylic acids is 3. The highest BCUT2D eigenvalue weighted by Crippen LogP contribution is 2.28. The molecule has 0 spiro atoms. The molecule has 1 unspecified atom stereocenters. The van der Waals surface area contributed by atoms with Crippen molar-refractivity contribution < 1.29 is 19.5 Å². The first-order chi connectivity index (χ1) is 15.2. The first-order valence-electron chi connectivity index (χ1n) is 10.5. The third-order valence-electron chi connectivity index (χ3n) is 5.13. The topological polar surface area (TPSA) is 111 Å². The molecule has 3 N–H and O–H groups in total. The second-order valence-corrected chi connectivity index (χ2v) is 9.10. The van der Waals surface area contributed by atoms with E-state index in [2.05, 4.69) is 15.6 Å². The van der Waals surface area contributed by atoms with Gasteiger partial charge in [-0.25, -0.2) is 4.99 Å². The molecule has 170 valence electrons. The Bertz CT molecular complexity index is 1020. The molecular weight excluding hydrogens is 428 g/mol. The van der Waals surface area contributed by atoms with Gasteiger partial charge >= 0.3 is 0 Å². The number of para-hydroxylation sites is 1. The molecular formula is C23H28N4O4S. The molecule has 3 atom stereocenters. The van der Waals surface area contributed by atoms with E-state index in [1.807, 2.05) is 55.6 Å². The average Bonchev–Trinajstić information content (AvgIpc) is 3.26. The molecule has 2 heterocycles. The minimum atomic E-state index is -1.20. The summed E-state index contributed by atoms with van der Waals surface area (Å²) >= 11 is 1.49. The van der Waals surface area contributed by atoms with E-state index in [1.165, 1.54) is 23.2 Å². The number of hydrogen-bond donors (Lipinski definition) is 3. The smallest absolute Gasteiger partial charge is 0.272 e. The number of thiophene rings is 1. The lowest BCUT2D eigenvalue weighted by atomic mass is 10.1. The highest BCUT2D eigenvalue weighted by molar-refractivity contribution is 7.12. The maximum Gasteiger partial charge on any atom is 0.272 e. The lowest BCUT2D eigenvalue weighted by Gasteiger charge is -2.22. The van der Waals surface area contributed by atoms with Crippen LogP contribution in [0.25, 0.3) is 0 Å². The van der Waals surface area contributed by atoms with Crippen molar-refractivity contribution in [3.63, 3.8) is 0 Å². The molecule has 0 saturated heterocycles. The Morgan fingerprint density at radius 1 is 1.16 bits per heavy atom. The summed E-state index contributed by atoms with van der Waals surface area (Å²) < 4.78 is 0. The molecule has 1 aromatic carbocycles. The van der Waals surface area contributed by atoms with E-state index in [0.29, 0.717) is 17.8 Å². The Labute approximate surface area is 191 Å². The molecule has 0 radical (unpaired) electrons. The van der Waals surface area contributed by atoms with Crippen molar-refractivity contribution in [3.05, 3.63) is 52.2 Å². The van der Waals surface area contributed by atoms with Crippen molar-refractivity contribution in [2.45, 2.75) is 45.5 Å². The monoisotopic (exact) mass is 456 g/mol. The Balaban J connectivity index is 1.82. The minimum absolute atomic E-state index is 0.130. The van der Waals surface area contributed by atoms with Crippen LogP contribution in [-0.4, -0.2) is 53.9 Å². The zero-order chi connectivity index (χ0) is 23.4. The van der Waals surface area contributed by atoms with Gasteiger partial charge in [-0.1, -0.05) is 38.1 Å². The van der Waals surface area contributed by atoms with Gasteiger partial charge in [-0.15, -0.1) is 11.3 Å². The third-order valence-corrected chi connectivity index (χ3v) is 6.00. The van der Waals surface area contributed by atoms with Crippen molar-refractivity contribution in [2.75, 3.05) is 11.9 Å². The van der Waals surface area contributed by atoms with E-state index in [0.717, 1.165) is 10.4 Å². The summed E-state index contributed by atoms with van der Waals surface area (Å²) in [5, 5.41) is 17.0. The van der Waals surface area contributed by atoms with Crippen LogP contribution < -0.4 is 15.5 Å². The van der Waals surface area contributed by atoms with E-state index in [-0.39, 0.29) is 5.92 Å². The largest absolute Gasteiger partial charge is 0.383 e. The number of rotatable bonds is 7. The molecule has 3 amide bonds. The van der Waals surface area contributed by atoms with Crippen LogP contribution in [0.15, 0.2) is 46.8 Å². The zero-order valence-electron chi connectivity index (χ0n) is 18.5. The molecule has 1 aromatic heterocycles. The number of aliphatic imine (C=N–C) groups is 1. The lowest BCUT2D eigenvalue weighted by molar-refractivity contribution is -0.135. The van der Waals surface area contributed by atoms with Crippen molar-refractivity contribution >= 4 is 40.5 Å². The van der Waals surface area contributed by atoms with Gasteiger partial charge in [0, 0.05) is 12.6 Å². The van der Waals surface area contributed by atoms with Crippen molar-refractivity contribution in [3.8, 4) is 0 Å². The molecule has 0 aliphatic carbocycles. The number of benzodiazepines with no additional fused rings is 1. The zero-order valence-corrected chi connectivity index (χ0v) is 19.3. The number of aliphatic hydroxyl groups is 1. The number of hydrogen-bond acceptors (Lipinski definition) is 6. The summed E-state index contributed by atoms with van der Waals surface area (Å²) in [6, 6.07) is 10.3. The molecule has 0 bridgehead atoms. The maximum absolute atomic E-state index is 13.1. The van der Waals surface area contributed by atoms with Gasteiger partial charge in [0.1, 0.15) is 12.1 Å². The van der Waals surface area contributed by atoms with Gasteiger partial charge in [0.05, 0.1) is 16.3 Å². The summed E-state index contributed by atoms with van der Waals surface area (Å²) in [5.41, 5.74) is 2.10. The van der Waals surface area contributed by atoms with Crippen LogP contribution in [-0.2, 0) is 14.4 Å². The Hall–Kier alpha value is -3.04. The maximum atomic E-state index is 13.1. The molecule has 1 aliphatic heterocycles. The van der Waals surface area contributed by atoms with Gasteiger partial charge in [0.15, 0.2) is 0 Å². The van der Waals surface area contributed by atoms with E-state index in [1.54, 1.807) is 7.05 Å². The average molecular weight is 457 g/mol. The van der Waals surface area contributed by atoms with Crippen LogP contribution in [0.4, 0.5) is 5.69 Å². The van der Waals surface area contributed by atoms with Crippen LogP contribution in [0.1, 0.15) is 37.6 Å². The SMILES string of the molecule is CC(C)C[C@H](O)C(=O)N[C@@H](C)C(=O)NC1N=C(c2cccs2)c2ccccc2N(C)C1=O. The van der Waals surface area contributed by atoms with Crippen LogP contribution in [0.2, 0.25) is 0 Å². The molecule has 1 aliphatic rings.